The van der Waals surface area contributed by atoms with Crippen LogP contribution in [0.5, 0.6) is 0 Å². The molecule has 1 aromatic carbocycles. The zero-order chi connectivity index (χ0) is 19.7. The first-order valence-electron chi connectivity index (χ1n) is 8.91. The van der Waals surface area contributed by atoms with E-state index in [1.165, 1.54) is 11.8 Å². The average molecular weight is 368 g/mol. The molecule has 7 nitrogen and oxygen atoms in total. The molecule has 0 spiro atoms. The van der Waals surface area contributed by atoms with E-state index in [1.807, 2.05) is 45.9 Å². The van der Waals surface area contributed by atoms with E-state index in [0.29, 0.717) is 5.69 Å². The summed E-state index contributed by atoms with van der Waals surface area (Å²) < 4.78 is 1.56. The zero-order valence-corrected chi connectivity index (χ0v) is 15.9. The van der Waals surface area contributed by atoms with Gasteiger partial charge in [-0.15, -0.1) is 0 Å². The highest BCUT2D eigenvalue weighted by atomic mass is 16.3. The Morgan fingerprint density at radius 3 is 2.63 bits per heavy atom. The van der Waals surface area contributed by atoms with Crippen molar-refractivity contribution >= 4 is 11.6 Å². The van der Waals surface area contributed by atoms with Crippen molar-refractivity contribution in [3.05, 3.63) is 57.8 Å². The van der Waals surface area contributed by atoms with Crippen LogP contribution in [0.4, 0.5) is 0 Å². The van der Waals surface area contributed by atoms with Gasteiger partial charge in [0, 0.05) is 12.4 Å². The summed E-state index contributed by atoms with van der Waals surface area (Å²) in [6.45, 7) is 7.70. The maximum atomic E-state index is 12.4. The minimum Gasteiger partial charge on any atom is -0.394 e. The van der Waals surface area contributed by atoms with Crippen LogP contribution in [-0.4, -0.2) is 38.0 Å². The number of hydrogen-bond acceptors (Lipinski definition) is 4. The summed E-state index contributed by atoms with van der Waals surface area (Å²) in [7, 11) is 0. The topological polar surface area (TPSA) is 99.5 Å². The molecule has 0 aliphatic carbocycles. The van der Waals surface area contributed by atoms with Crippen molar-refractivity contribution in [1.82, 2.24) is 19.7 Å². The van der Waals surface area contributed by atoms with Gasteiger partial charge >= 0.3 is 0 Å². The molecule has 3 N–H and O–H groups in total. The number of carbonyl (C=O) groups is 1. The van der Waals surface area contributed by atoms with Gasteiger partial charge in [0.15, 0.2) is 0 Å². The van der Waals surface area contributed by atoms with Crippen LogP contribution in [0.15, 0.2) is 35.4 Å². The van der Waals surface area contributed by atoms with Crippen LogP contribution in [-0.2, 0) is 0 Å². The van der Waals surface area contributed by atoms with Crippen molar-refractivity contribution in [2.45, 2.75) is 33.7 Å². The molecule has 0 unspecified atom stereocenters. The number of fused-ring (bicyclic) bond motifs is 1. The summed E-state index contributed by atoms with van der Waals surface area (Å²) in [5.74, 6) is -0.339. The van der Waals surface area contributed by atoms with Crippen LogP contribution in [0, 0.1) is 19.8 Å². The third-order valence-electron chi connectivity index (χ3n) is 4.82. The number of imidazole rings is 1. The Balaban J connectivity index is 1.98. The van der Waals surface area contributed by atoms with E-state index in [4.69, 9.17) is 0 Å². The molecule has 0 saturated carbocycles. The minimum absolute atomic E-state index is 0.0794. The summed E-state index contributed by atoms with van der Waals surface area (Å²) in [4.78, 5) is 31.8. The molecular weight excluding hydrogens is 344 g/mol. The van der Waals surface area contributed by atoms with E-state index < -0.39 is 5.91 Å². The van der Waals surface area contributed by atoms with Crippen LogP contribution in [0.1, 0.15) is 35.5 Å². The molecule has 0 aliphatic heterocycles. The standard InChI is InChI=1S/C20H24N4O3/c1-11(2)17(10-25)23-19(26)16-9-24-8-15(22-20(27)18(24)21-16)14-6-5-12(3)13(4)7-14/h5-9,11,17,25H,10H2,1-4H3,(H,22,27)(H,23,26)/t17-/m1/s1. The third kappa shape index (κ3) is 3.78. The zero-order valence-electron chi connectivity index (χ0n) is 15.9. The number of carbonyl (C=O) groups excluding carboxylic acids is 1. The Labute approximate surface area is 157 Å². The van der Waals surface area contributed by atoms with Gasteiger partial charge in [0.25, 0.3) is 11.5 Å². The summed E-state index contributed by atoms with van der Waals surface area (Å²) in [6.07, 6.45) is 3.27. The highest BCUT2D eigenvalue weighted by Gasteiger charge is 2.19. The van der Waals surface area contributed by atoms with Crippen LogP contribution >= 0.6 is 0 Å². The molecule has 2 heterocycles. The number of aromatic nitrogens is 3. The van der Waals surface area contributed by atoms with Crippen molar-refractivity contribution in [3.8, 4) is 11.3 Å². The number of aromatic amines is 1. The minimum atomic E-state index is -0.418. The van der Waals surface area contributed by atoms with Crippen molar-refractivity contribution in [1.29, 1.82) is 0 Å². The quantitative estimate of drug-likeness (QED) is 0.642. The molecule has 0 aliphatic rings. The van der Waals surface area contributed by atoms with Gasteiger partial charge < -0.3 is 15.4 Å². The van der Waals surface area contributed by atoms with E-state index in [0.717, 1.165) is 11.1 Å². The van der Waals surface area contributed by atoms with Crippen LogP contribution in [0.25, 0.3) is 16.9 Å². The monoisotopic (exact) mass is 368 g/mol. The number of aliphatic hydroxyl groups excluding tert-OH is 1. The normalized spacial score (nSPS) is 12.5. The lowest BCUT2D eigenvalue weighted by Crippen LogP contribution is -2.41. The molecular formula is C20H24N4O3. The first-order valence-corrected chi connectivity index (χ1v) is 8.91. The largest absolute Gasteiger partial charge is 0.394 e. The van der Waals surface area contributed by atoms with Gasteiger partial charge in [-0.3, -0.25) is 14.0 Å². The Kier molecular flexibility index (Phi) is 5.14. The fraction of sp³-hybridized carbons (Fsp3) is 0.350. The molecule has 1 amide bonds. The smallest absolute Gasteiger partial charge is 0.292 e. The third-order valence-corrected chi connectivity index (χ3v) is 4.82. The van der Waals surface area contributed by atoms with Crippen LogP contribution in [0.3, 0.4) is 0 Å². The molecule has 1 atom stereocenters. The Hall–Kier alpha value is -2.93. The molecule has 0 saturated heterocycles. The second kappa shape index (κ2) is 7.36. The van der Waals surface area contributed by atoms with Gasteiger partial charge in [-0.25, -0.2) is 4.98 Å². The molecule has 142 valence electrons. The van der Waals surface area contributed by atoms with Gasteiger partial charge in [-0.05, 0) is 42.5 Å². The van der Waals surface area contributed by atoms with Gasteiger partial charge in [-0.1, -0.05) is 26.0 Å². The molecule has 27 heavy (non-hydrogen) atoms. The molecule has 3 aromatic rings. The van der Waals surface area contributed by atoms with Crippen LogP contribution < -0.4 is 10.9 Å². The van der Waals surface area contributed by atoms with E-state index in [-0.39, 0.29) is 35.5 Å². The first-order chi connectivity index (χ1) is 12.8. The number of nitrogens with one attached hydrogen (secondary N) is 2. The van der Waals surface area contributed by atoms with E-state index >= 15 is 0 Å². The highest BCUT2D eigenvalue weighted by molar-refractivity contribution is 5.93. The molecule has 0 radical (unpaired) electrons. The first kappa shape index (κ1) is 18.8. The fourth-order valence-electron chi connectivity index (χ4n) is 2.84. The number of rotatable bonds is 5. The number of benzene rings is 1. The number of nitrogens with zero attached hydrogens (tertiary/aromatic N) is 2. The fourth-order valence-corrected chi connectivity index (χ4v) is 2.84. The number of hydrogen-bond donors (Lipinski definition) is 3. The summed E-state index contributed by atoms with van der Waals surface area (Å²) >= 11 is 0. The summed E-state index contributed by atoms with van der Waals surface area (Å²) in [5, 5.41) is 12.1. The van der Waals surface area contributed by atoms with Gasteiger partial charge in [-0.2, -0.15) is 0 Å². The summed E-state index contributed by atoms with van der Waals surface area (Å²) in [6, 6.07) is 5.58. The van der Waals surface area contributed by atoms with Gasteiger partial charge in [0.05, 0.1) is 18.3 Å². The number of aryl methyl sites for hydroxylation is 2. The SMILES string of the molecule is Cc1ccc(-c2cn3cc(C(=O)N[C@H](CO)C(C)C)nc3c(=O)[nH]2)cc1C. The Bertz CT molecular complexity index is 1050. The second-order valence-corrected chi connectivity index (χ2v) is 7.16. The van der Waals surface area contributed by atoms with E-state index in [2.05, 4.69) is 15.3 Å². The molecule has 0 fully saturated rings. The lowest BCUT2D eigenvalue weighted by molar-refractivity contribution is 0.0892. The van der Waals surface area contributed by atoms with E-state index in [9.17, 15) is 14.7 Å². The van der Waals surface area contributed by atoms with Crippen LogP contribution in [0.2, 0.25) is 0 Å². The lowest BCUT2D eigenvalue weighted by Gasteiger charge is -2.18. The lowest BCUT2D eigenvalue weighted by atomic mass is 10.0. The molecule has 0 bridgehead atoms. The molecule has 7 heteroatoms. The van der Waals surface area contributed by atoms with Crippen molar-refractivity contribution in [3.63, 3.8) is 0 Å². The van der Waals surface area contributed by atoms with Gasteiger partial charge in [0.1, 0.15) is 5.69 Å². The maximum Gasteiger partial charge on any atom is 0.292 e. The highest BCUT2D eigenvalue weighted by Crippen LogP contribution is 2.19. The van der Waals surface area contributed by atoms with Gasteiger partial charge in [0.2, 0.25) is 5.65 Å². The average Bonchev–Trinajstić information content (AvgIpc) is 3.06. The predicted octanol–water partition coefficient (Wildman–Crippen LogP) is 2.05. The summed E-state index contributed by atoms with van der Waals surface area (Å²) in [5.41, 5.74) is 3.75. The van der Waals surface area contributed by atoms with Crippen molar-refractivity contribution in [2.24, 2.45) is 5.92 Å². The molecule has 2 aromatic heterocycles. The number of aliphatic hydroxyl groups is 1. The molecule has 3 rings (SSSR count). The van der Waals surface area contributed by atoms with E-state index in [1.54, 1.807) is 10.6 Å². The number of amides is 1. The Morgan fingerprint density at radius 1 is 1.26 bits per heavy atom. The Morgan fingerprint density at radius 2 is 2.00 bits per heavy atom. The predicted molar refractivity (Wildman–Crippen MR) is 104 cm³/mol. The number of H-pyrrole nitrogens is 1. The van der Waals surface area contributed by atoms with Crippen molar-refractivity contribution < 1.29 is 9.90 Å². The maximum absolute atomic E-state index is 12.4. The second-order valence-electron chi connectivity index (χ2n) is 7.16. The van der Waals surface area contributed by atoms with Crippen molar-refractivity contribution in [2.75, 3.05) is 6.61 Å².